The summed E-state index contributed by atoms with van der Waals surface area (Å²) in [5, 5.41) is 8.42. The fraction of sp³-hybridized carbons (Fsp3) is 0.875. The highest BCUT2D eigenvalue weighted by atomic mass is 16.5. The van der Waals surface area contributed by atoms with E-state index in [1.54, 1.807) is 7.11 Å². The number of ether oxygens (including phenoxy) is 1. The second kappa shape index (κ2) is 6.44. The lowest BCUT2D eigenvalue weighted by Crippen LogP contribution is -2.46. The van der Waals surface area contributed by atoms with Crippen molar-refractivity contribution in [2.75, 3.05) is 7.11 Å². The van der Waals surface area contributed by atoms with E-state index in [0.717, 1.165) is 36.5 Å². The van der Waals surface area contributed by atoms with Crippen molar-refractivity contribution in [3.8, 4) is 0 Å². The standard InChI is InChI=1S/C16H28N4O/c1-11-4-5-13(8-12(11)2)17-14-6-7-16-18-15(10-21-3)19-20(16)9-14/h11-14,17H,4-10H2,1-3H3. The van der Waals surface area contributed by atoms with E-state index in [1.807, 2.05) is 0 Å². The van der Waals surface area contributed by atoms with E-state index in [9.17, 15) is 0 Å². The largest absolute Gasteiger partial charge is 0.377 e. The molecule has 0 spiro atoms. The number of nitrogens with one attached hydrogen (secondary N) is 1. The van der Waals surface area contributed by atoms with Gasteiger partial charge < -0.3 is 10.1 Å². The lowest BCUT2D eigenvalue weighted by molar-refractivity contribution is 0.177. The summed E-state index contributed by atoms with van der Waals surface area (Å²) in [4.78, 5) is 4.54. The van der Waals surface area contributed by atoms with Crippen molar-refractivity contribution in [2.24, 2.45) is 11.8 Å². The Morgan fingerprint density at radius 2 is 2.05 bits per heavy atom. The maximum absolute atomic E-state index is 5.12. The molecule has 1 aliphatic heterocycles. The fourth-order valence-electron chi connectivity index (χ4n) is 3.72. The summed E-state index contributed by atoms with van der Waals surface area (Å²) in [6.45, 7) is 6.25. The molecule has 0 bridgehead atoms. The van der Waals surface area contributed by atoms with Crippen LogP contribution < -0.4 is 5.32 Å². The number of nitrogens with zero attached hydrogens (tertiary/aromatic N) is 3. The van der Waals surface area contributed by atoms with Gasteiger partial charge in [0, 0.05) is 25.6 Å². The van der Waals surface area contributed by atoms with Gasteiger partial charge >= 0.3 is 0 Å². The van der Waals surface area contributed by atoms with Gasteiger partial charge in [-0.1, -0.05) is 13.8 Å². The van der Waals surface area contributed by atoms with Gasteiger partial charge in [0.25, 0.3) is 0 Å². The van der Waals surface area contributed by atoms with Gasteiger partial charge in [0.1, 0.15) is 12.4 Å². The van der Waals surface area contributed by atoms with E-state index >= 15 is 0 Å². The third-order valence-corrected chi connectivity index (χ3v) is 5.24. The number of hydrogen-bond acceptors (Lipinski definition) is 4. The number of fused-ring (bicyclic) bond motifs is 1. The van der Waals surface area contributed by atoms with E-state index in [-0.39, 0.29) is 0 Å². The second-order valence-corrected chi connectivity index (χ2v) is 6.93. The van der Waals surface area contributed by atoms with Crippen LogP contribution in [0.3, 0.4) is 0 Å². The Hall–Kier alpha value is -0.940. The molecular weight excluding hydrogens is 264 g/mol. The summed E-state index contributed by atoms with van der Waals surface area (Å²) in [6.07, 6.45) is 6.19. The second-order valence-electron chi connectivity index (χ2n) is 6.93. The molecule has 5 nitrogen and oxygen atoms in total. The fourth-order valence-corrected chi connectivity index (χ4v) is 3.72. The number of aromatic nitrogens is 3. The molecule has 1 aromatic rings. The van der Waals surface area contributed by atoms with Crippen molar-refractivity contribution >= 4 is 0 Å². The lowest BCUT2D eigenvalue weighted by Gasteiger charge is -2.36. The van der Waals surface area contributed by atoms with E-state index in [0.29, 0.717) is 18.7 Å². The smallest absolute Gasteiger partial charge is 0.176 e. The van der Waals surface area contributed by atoms with Crippen LogP contribution in [0, 0.1) is 11.8 Å². The molecule has 2 heterocycles. The molecule has 3 rings (SSSR count). The van der Waals surface area contributed by atoms with Gasteiger partial charge in [-0.3, -0.25) is 0 Å². The number of methoxy groups -OCH3 is 1. The Bertz CT molecular complexity index is 473. The molecule has 1 aromatic heterocycles. The lowest BCUT2D eigenvalue weighted by atomic mass is 9.79. The van der Waals surface area contributed by atoms with E-state index < -0.39 is 0 Å². The minimum absolute atomic E-state index is 0.510. The molecule has 4 atom stereocenters. The summed E-state index contributed by atoms with van der Waals surface area (Å²) >= 11 is 0. The summed E-state index contributed by atoms with van der Waals surface area (Å²) in [6, 6.07) is 1.23. The van der Waals surface area contributed by atoms with Crippen LogP contribution in [0.4, 0.5) is 0 Å². The van der Waals surface area contributed by atoms with Crippen molar-refractivity contribution in [1.82, 2.24) is 20.1 Å². The maximum Gasteiger partial charge on any atom is 0.176 e. The molecule has 5 heteroatoms. The third kappa shape index (κ3) is 3.46. The topological polar surface area (TPSA) is 52.0 Å². The zero-order valence-corrected chi connectivity index (χ0v) is 13.5. The predicted molar refractivity (Wildman–Crippen MR) is 81.9 cm³/mol. The molecule has 1 fully saturated rings. The average molecular weight is 292 g/mol. The predicted octanol–water partition coefficient (Wildman–Crippen LogP) is 2.15. The summed E-state index contributed by atoms with van der Waals surface area (Å²) in [7, 11) is 1.69. The molecule has 4 unspecified atom stereocenters. The maximum atomic E-state index is 5.12. The molecule has 1 aliphatic carbocycles. The molecule has 0 aromatic carbocycles. The molecule has 1 saturated carbocycles. The van der Waals surface area contributed by atoms with Gasteiger partial charge in [0.15, 0.2) is 5.82 Å². The number of rotatable bonds is 4. The highest BCUT2D eigenvalue weighted by Gasteiger charge is 2.28. The van der Waals surface area contributed by atoms with E-state index in [1.165, 1.54) is 25.7 Å². The molecule has 118 valence electrons. The third-order valence-electron chi connectivity index (χ3n) is 5.24. The van der Waals surface area contributed by atoms with Crippen molar-refractivity contribution in [1.29, 1.82) is 0 Å². The Morgan fingerprint density at radius 1 is 1.19 bits per heavy atom. The quantitative estimate of drug-likeness (QED) is 0.924. The van der Waals surface area contributed by atoms with Crippen LogP contribution in [-0.2, 0) is 24.3 Å². The van der Waals surface area contributed by atoms with Crippen molar-refractivity contribution in [2.45, 2.75) is 71.2 Å². The minimum atomic E-state index is 0.510. The molecule has 0 radical (unpaired) electrons. The van der Waals surface area contributed by atoms with Gasteiger partial charge in [0.05, 0.1) is 6.54 Å². The van der Waals surface area contributed by atoms with Crippen molar-refractivity contribution in [3.63, 3.8) is 0 Å². The Morgan fingerprint density at radius 3 is 2.81 bits per heavy atom. The van der Waals surface area contributed by atoms with Gasteiger partial charge in [0.2, 0.25) is 0 Å². The SMILES string of the molecule is COCc1nc2n(n1)CC(NC1CCC(C)C(C)C1)CC2. The van der Waals surface area contributed by atoms with Gasteiger partial charge in [-0.05, 0) is 37.5 Å². The summed E-state index contributed by atoms with van der Waals surface area (Å²) < 4.78 is 7.20. The Balaban J connectivity index is 1.56. The van der Waals surface area contributed by atoms with Gasteiger partial charge in [-0.25, -0.2) is 9.67 Å². The minimum Gasteiger partial charge on any atom is -0.377 e. The van der Waals surface area contributed by atoms with E-state index in [4.69, 9.17) is 4.74 Å². The molecule has 0 saturated heterocycles. The first-order chi connectivity index (χ1) is 10.2. The Labute approximate surface area is 127 Å². The Kier molecular flexibility index (Phi) is 4.60. The number of hydrogen-bond donors (Lipinski definition) is 1. The van der Waals surface area contributed by atoms with E-state index in [2.05, 4.69) is 33.9 Å². The van der Waals surface area contributed by atoms with Crippen LogP contribution in [0.15, 0.2) is 0 Å². The van der Waals surface area contributed by atoms with Gasteiger partial charge in [-0.2, -0.15) is 5.10 Å². The first-order valence-corrected chi connectivity index (χ1v) is 8.33. The molecular formula is C16H28N4O. The first kappa shape index (κ1) is 15.0. The average Bonchev–Trinajstić information content (AvgIpc) is 2.85. The number of aryl methyl sites for hydroxylation is 1. The first-order valence-electron chi connectivity index (χ1n) is 8.33. The van der Waals surface area contributed by atoms with Gasteiger partial charge in [-0.15, -0.1) is 0 Å². The highest BCUT2D eigenvalue weighted by molar-refractivity contribution is 4.98. The van der Waals surface area contributed by atoms with Crippen LogP contribution in [0.25, 0.3) is 0 Å². The summed E-state index contributed by atoms with van der Waals surface area (Å²) in [5.41, 5.74) is 0. The molecule has 1 N–H and O–H groups in total. The van der Waals surface area contributed by atoms with Crippen LogP contribution >= 0.6 is 0 Å². The van der Waals surface area contributed by atoms with Crippen LogP contribution in [0.1, 0.15) is 51.2 Å². The van der Waals surface area contributed by atoms with Crippen LogP contribution in [-0.4, -0.2) is 34.0 Å². The normalized spacial score (nSPS) is 32.9. The highest BCUT2D eigenvalue weighted by Crippen LogP contribution is 2.30. The molecule has 0 amide bonds. The zero-order chi connectivity index (χ0) is 14.8. The van der Waals surface area contributed by atoms with Crippen LogP contribution in [0.2, 0.25) is 0 Å². The summed E-state index contributed by atoms with van der Waals surface area (Å²) in [5.74, 6) is 3.65. The molecule has 2 aliphatic rings. The monoisotopic (exact) mass is 292 g/mol. The van der Waals surface area contributed by atoms with Crippen LogP contribution in [0.5, 0.6) is 0 Å². The van der Waals surface area contributed by atoms with Crippen molar-refractivity contribution < 1.29 is 4.74 Å². The van der Waals surface area contributed by atoms with Crippen molar-refractivity contribution in [3.05, 3.63) is 11.6 Å². The molecule has 21 heavy (non-hydrogen) atoms. The zero-order valence-electron chi connectivity index (χ0n) is 13.5.